The minimum atomic E-state index is -1.04. The molecule has 0 bridgehead atoms. The third-order valence-corrected chi connectivity index (χ3v) is 8.58. The summed E-state index contributed by atoms with van der Waals surface area (Å²) in [6.07, 6.45) is 0.328. The lowest BCUT2D eigenvalue weighted by molar-refractivity contribution is -0.140. The number of carbonyl (C=O) groups excluding carboxylic acids is 5. The molecule has 2 N–H and O–H groups in total. The highest BCUT2D eigenvalue weighted by Gasteiger charge is 2.38. The second-order valence-corrected chi connectivity index (χ2v) is 12.5. The van der Waals surface area contributed by atoms with Gasteiger partial charge in [0.1, 0.15) is 30.0 Å². The number of hydrogen-bond donors (Lipinski definition) is 2. The van der Waals surface area contributed by atoms with Crippen molar-refractivity contribution in [1.29, 1.82) is 0 Å². The summed E-state index contributed by atoms with van der Waals surface area (Å²) in [6.45, 7) is 0.782. The van der Waals surface area contributed by atoms with Crippen LogP contribution in [0.4, 0.5) is 4.39 Å². The number of methoxy groups -OCH3 is 1. The van der Waals surface area contributed by atoms with Gasteiger partial charge in [0, 0.05) is 46.2 Å². The maximum absolute atomic E-state index is 14.5. The van der Waals surface area contributed by atoms with Gasteiger partial charge in [-0.1, -0.05) is 12.1 Å². The van der Waals surface area contributed by atoms with Gasteiger partial charge in [-0.2, -0.15) is 0 Å². The number of halogens is 1. The fourth-order valence-corrected chi connectivity index (χ4v) is 5.90. The van der Waals surface area contributed by atoms with E-state index in [0.717, 1.165) is 11.6 Å². The number of benzene rings is 2. The summed E-state index contributed by atoms with van der Waals surface area (Å²) in [7, 11) is 8.21. The van der Waals surface area contributed by atoms with Gasteiger partial charge in [-0.05, 0) is 62.8 Å². The summed E-state index contributed by atoms with van der Waals surface area (Å²) in [5.74, 6) is -2.02. The minimum absolute atomic E-state index is 0.0212. The molecule has 2 aromatic carbocycles. The highest BCUT2D eigenvalue weighted by atomic mass is 19.1. The van der Waals surface area contributed by atoms with Gasteiger partial charge in [0.25, 0.3) is 5.91 Å². The van der Waals surface area contributed by atoms with E-state index < -0.39 is 35.8 Å². The monoisotopic (exact) mass is 668 g/mol. The van der Waals surface area contributed by atoms with Crippen LogP contribution in [-0.4, -0.2) is 135 Å². The first-order chi connectivity index (χ1) is 22.9. The first kappa shape index (κ1) is 36.1. The quantitative estimate of drug-likeness (QED) is 0.423. The molecular formula is C34H45FN6O7. The van der Waals surface area contributed by atoms with E-state index in [1.54, 1.807) is 30.2 Å². The molecule has 13 nitrogen and oxygen atoms in total. The van der Waals surface area contributed by atoms with Crippen molar-refractivity contribution in [3.05, 3.63) is 59.4 Å². The number of hydrogen-bond acceptors (Lipinski definition) is 8. The standard InChI is InChI=1S/C34H45FN6O7/c1-38(2)14-13-36-33(45)28-10-12-31(43)39(3)20-32(44)41-19-24(37-30(42)16-22-7-6-8-26(15-22)47-5)18-25(41)21-48-29-11-9-23(35)17-27(29)34(46)40(28)4/h6-9,11,15,17,24-25,28H,10,12-14,16,18-21H2,1-5H3,(H,36,45)(H,37,42)/t24-,25-,28+/m0/s1. The van der Waals surface area contributed by atoms with Crippen molar-refractivity contribution in [2.45, 2.75) is 43.8 Å². The number of nitrogens with one attached hydrogen (secondary N) is 2. The van der Waals surface area contributed by atoms with Crippen LogP contribution >= 0.6 is 0 Å². The molecule has 1 fully saturated rings. The van der Waals surface area contributed by atoms with Crippen LogP contribution in [0.15, 0.2) is 42.5 Å². The van der Waals surface area contributed by atoms with E-state index in [-0.39, 0.29) is 68.0 Å². The van der Waals surface area contributed by atoms with Gasteiger partial charge in [-0.3, -0.25) is 24.0 Å². The Morgan fingerprint density at radius 3 is 2.58 bits per heavy atom. The number of ether oxygens (including phenoxy) is 2. The van der Waals surface area contributed by atoms with E-state index in [2.05, 4.69) is 10.6 Å². The van der Waals surface area contributed by atoms with Crippen molar-refractivity contribution in [2.24, 2.45) is 0 Å². The molecular weight excluding hydrogens is 623 g/mol. The predicted octanol–water partition coefficient (Wildman–Crippen LogP) is 0.912. The SMILES string of the molecule is COc1cccc(CC(=O)N[C@H]2C[C@H]3COc4ccc(F)cc4C(=O)N(C)[C@@H](C(=O)NCCN(C)C)CCC(=O)N(C)CC(=O)N3C2)c1. The maximum Gasteiger partial charge on any atom is 0.258 e. The topological polar surface area (TPSA) is 141 Å². The highest BCUT2D eigenvalue weighted by molar-refractivity contribution is 5.99. The first-order valence-corrected chi connectivity index (χ1v) is 15.9. The van der Waals surface area contributed by atoms with Crippen LogP contribution in [0, 0.1) is 5.82 Å². The molecule has 0 aromatic heterocycles. The largest absolute Gasteiger partial charge is 0.497 e. The van der Waals surface area contributed by atoms with Crippen LogP contribution in [-0.2, 0) is 25.6 Å². The maximum atomic E-state index is 14.5. The van der Waals surface area contributed by atoms with Gasteiger partial charge in [0.15, 0.2) is 0 Å². The first-order valence-electron chi connectivity index (χ1n) is 15.9. The number of carbonyl (C=O) groups is 5. The van der Waals surface area contributed by atoms with Crippen molar-refractivity contribution in [3.63, 3.8) is 0 Å². The molecule has 260 valence electrons. The zero-order valence-electron chi connectivity index (χ0n) is 28.2. The fraction of sp³-hybridized carbons (Fsp3) is 0.500. The average molecular weight is 669 g/mol. The molecule has 2 heterocycles. The summed E-state index contributed by atoms with van der Waals surface area (Å²) >= 11 is 0. The Bertz CT molecular complexity index is 1500. The number of amides is 5. The van der Waals surface area contributed by atoms with Gasteiger partial charge >= 0.3 is 0 Å². The molecule has 4 rings (SSSR count). The highest BCUT2D eigenvalue weighted by Crippen LogP contribution is 2.26. The molecule has 0 unspecified atom stereocenters. The Morgan fingerprint density at radius 2 is 1.85 bits per heavy atom. The molecule has 2 aromatic rings. The Hall–Kier alpha value is -4.72. The molecule has 3 atom stereocenters. The molecule has 0 spiro atoms. The molecule has 48 heavy (non-hydrogen) atoms. The van der Waals surface area contributed by atoms with Crippen LogP contribution in [0.25, 0.3) is 0 Å². The van der Waals surface area contributed by atoms with Crippen molar-refractivity contribution >= 4 is 29.5 Å². The van der Waals surface area contributed by atoms with Crippen LogP contribution in [0.2, 0.25) is 0 Å². The number of nitrogens with zero attached hydrogens (tertiary/aromatic N) is 4. The van der Waals surface area contributed by atoms with Crippen LogP contribution < -0.4 is 20.1 Å². The summed E-state index contributed by atoms with van der Waals surface area (Å²) in [5.41, 5.74) is 0.673. The summed E-state index contributed by atoms with van der Waals surface area (Å²) in [4.78, 5) is 72.8. The van der Waals surface area contributed by atoms with Crippen LogP contribution in [0.3, 0.4) is 0 Å². The van der Waals surface area contributed by atoms with E-state index in [4.69, 9.17) is 9.47 Å². The van der Waals surface area contributed by atoms with Gasteiger partial charge in [0.2, 0.25) is 23.6 Å². The van der Waals surface area contributed by atoms with Crippen LogP contribution in [0.1, 0.15) is 35.2 Å². The van der Waals surface area contributed by atoms with Crippen molar-refractivity contribution < 1.29 is 37.8 Å². The van der Waals surface area contributed by atoms with Crippen molar-refractivity contribution in [2.75, 3.05) is 68.1 Å². The molecule has 14 heteroatoms. The Morgan fingerprint density at radius 1 is 1.08 bits per heavy atom. The molecule has 2 aliphatic heterocycles. The lowest BCUT2D eigenvalue weighted by atomic mass is 10.1. The molecule has 0 saturated carbocycles. The summed E-state index contributed by atoms with van der Waals surface area (Å²) < 4.78 is 25.8. The Kier molecular flexibility index (Phi) is 12.3. The van der Waals surface area contributed by atoms with Gasteiger partial charge in [0.05, 0.1) is 31.7 Å². The third kappa shape index (κ3) is 9.43. The van der Waals surface area contributed by atoms with Crippen molar-refractivity contribution in [1.82, 2.24) is 30.2 Å². The van der Waals surface area contributed by atoms with Crippen LogP contribution in [0.5, 0.6) is 11.5 Å². The Balaban J connectivity index is 1.56. The Labute approximate surface area is 280 Å². The van der Waals surface area contributed by atoms with E-state index in [1.165, 1.54) is 36.0 Å². The summed E-state index contributed by atoms with van der Waals surface area (Å²) in [5, 5.41) is 5.81. The van der Waals surface area contributed by atoms with Gasteiger partial charge in [-0.25, -0.2) is 4.39 Å². The normalized spacial score (nSPS) is 20.8. The smallest absolute Gasteiger partial charge is 0.258 e. The zero-order chi connectivity index (χ0) is 35.0. The van der Waals surface area contributed by atoms with E-state index in [1.807, 2.05) is 25.1 Å². The molecule has 0 aliphatic carbocycles. The van der Waals surface area contributed by atoms with E-state index in [9.17, 15) is 28.4 Å². The lowest BCUT2D eigenvalue weighted by Gasteiger charge is -2.28. The lowest BCUT2D eigenvalue weighted by Crippen LogP contribution is -2.49. The summed E-state index contributed by atoms with van der Waals surface area (Å²) in [6, 6.07) is 8.79. The number of likely N-dealkylation sites (N-methyl/N-ethyl adjacent to an activating group) is 3. The second-order valence-electron chi connectivity index (χ2n) is 12.5. The molecule has 0 radical (unpaired) electrons. The van der Waals surface area contributed by atoms with E-state index in [0.29, 0.717) is 25.3 Å². The minimum Gasteiger partial charge on any atom is -0.497 e. The number of rotatable bonds is 8. The predicted molar refractivity (Wildman–Crippen MR) is 175 cm³/mol. The number of fused-ring (bicyclic) bond motifs is 2. The third-order valence-electron chi connectivity index (χ3n) is 8.58. The molecule has 5 amide bonds. The van der Waals surface area contributed by atoms with Gasteiger partial charge in [-0.15, -0.1) is 0 Å². The second kappa shape index (κ2) is 16.4. The fourth-order valence-electron chi connectivity index (χ4n) is 5.90. The van der Waals surface area contributed by atoms with E-state index >= 15 is 0 Å². The van der Waals surface area contributed by atoms with Gasteiger partial charge < -0.3 is 39.7 Å². The zero-order valence-corrected chi connectivity index (χ0v) is 28.2. The average Bonchev–Trinajstić information content (AvgIpc) is 3.45. The molecule has 1 saturated heterocycles. The molecule has 2 aliphatic rings. The van der Waals surface area contributed by atoms with Crippen molar-refractivity contribution in [3.8, 4) is 11.5 Å².